The zero-order valence-corrected chi connectivity index (χ0v) is 15.8. The maximum atomic E-state index is 12.5. The highest BCUT2D eigenvalue weighted by atomic mass is 16.5. The van der Waals surface area contributed by atoms with Crippen LogP contribution in [0.15, 0.2) is 40.9 Å². The zero-order chi connectivity index (χ0) is 19.5. The topological polar surface area (TPSA) is 105 Å². The summed E-state index contributed by atoms with van der Waals surface area (Å²) in [5.41, 5.74) is 1.65. The Bertz CT molecular complexity index is 930. The van der Waals surface area contributed by atoms with Crippen molar-refractivity contribution in [3.05, 3.63) is 42.1 Å². The number of anilines is 2. The average molecular weight is 382 g/mol. The second kappa shape index (κ2) is 7.77. The third-order valence-corrected chi connectivity index (χ3v) is 4.85. The van der Waals surface area contributed by atoms with Crippen molar-refractivity contribution in [2.75, 3.05) is 36.4 Å². The maximum absolute atomic E-state index is 12.5. The molecule has 1 fully saturated rings. The fourth-order valence-electron chi connectivity index (χ4n) is 3.24. The molecule has 1 aromatic carbocycles. The number of rotatable bonds is 5. The Labute approximate surface area is 162 Å². The molecule has 0 bridgehead atoms. The second-order valence-electron chi connectivity index (χ2n) is 6.75. The summed E-state index contributed by atoms with van der Waals surface area (Å²) in [5, 5.41) is 18.7. The normalized spacial score (nSPS) is 16.1. The number of tetrazole rings is 1. The number of aromatic nitrogens is 5. The quantitative estimate of drug-likeness (QED) is 0.700. The molecule has 28 heavy (non-hydrogen) atoms. The summed E-state index contributed by atoms with van der Waals surface area (Å²) in [7, 11) is 0. The summed E-state index contributed by atoms with van der Waals surface area (Å²) < 4.78 is 6.79. The standard InChI is InChI=1S/C18H22N8O2/c1-13-12-16(28-21-13)19-17(27)14(2)24-8-10-25(11-9-24)18-20-22-23-26(18)15-6-4-3-5-7-15/h3-7,12,14H,8-11H2,1-2H3,(H,19,27)/t14-/m1/s1. The molecular weight excluding hydrogens is 360 g/mol. The molecule has 1 amide bonds. The van der Waals surface area contributed by atoms with E-state index in [4.69, 9.17) is 4.52 Å². The molecule has 1 aliphatic heterocycles. The van der Waals surface area contributed by atoms with Crippen LogP contribution in [0.4, 0.5) is 11.8 Å². The van der Waals surface area contributed by atoms with Crippen molar-refractivity contribution in [2.24, 2.45) is 0 Å². The van der Waals surface area contributed by atoms with Crippen LogP contribution in [-0.2, 0) is 4.79 Å². The van der Waals surface area contributed by atoms with Gasteiger partial charge in [-0.2, -0.15) is 4.68 Å². The van der Waals surface area contributed by atoms with Crippen LogP contribution in [0.25, 0.3) is 5.69 Å². The number of amides is 1. The molecule has 10 nitrogen and oxygen atoms in total. The predicted molar refractivity (Wildman–Crippen MR) is 102 cm³/mol. The first-order chi connectivity index (χ1) is 13.6. The molecule has 1 saturated heterocycles. The number of benzene rings is 1. The molecule has 1 atom stereocenters. The SMILES string of the molecule is Cc1cc(NC(=O)[C@@H](C)N2CCN(c3nnnn3-c3ccccc3)CC2)on1. The van der Waals surface area contributed by atoms with Crippen molar-refractivity contribution in [2.45, 2.75) is 19.9 Å². The fourth-order valence-corrected chi connectivity index (χ4v) is 3.24. The first kappa shape index (κ1) is 18.1. The van der Waals surface area contributed by atoms with Gasteiger partial charge in [0.1, 0.15) is 0 Å². The highest BCUT2D eigenvalue weighted by molar-refractivity contribution is 5.93. The van der Waals surface area contributed by atoms with Crippen LogP contribution in [-0.4, -0.2) is 68.4 Å². The van der Waals surface area contributed by atoms with Crippen LogP contribution in [0.5, 0.6) is 0 Å². The second-order valence-corrected chi connectivity index (χ2v) is 6.75. The minimum Gasteiger partial charge on any atom is -0.338 e. The van der Waals surface area contributed by atoms with E-state index in [1.807, 2.05) is 44.2 Å². The van der Waals surface area contributed by atoms with Gasteiger partial charge in [0.25, 0.3) is 0 Å². The van der Waals surface area contributed by atoms with E-state index < -0.39 is 0 Å². The number of carbonyl (C=O) groups excluding carboxylic acids is 1. The van der Waals surface area contributed by atoms with E-state index in [2.05, 4.69) is 35.8 Å². The van der Waals surface area contributed by atoms with Crippen molar-refractivity contribution in [1.29, 1.82) is 0 Å². The molecule has 0 saturated carbocycles. The third kappa shape index (κ3) is 3.72. The third-order valence-electron chi connectivity index (χ3n) is 4.85. The summed E-state index contributed by atoms with van der Waals surface area (Å²) in [6, 6.07) is 11.2. The first-order valence-corrected chi connectivity index (χ1v) is 9.19. The Morgan fingerprint density at radius 3 is 2.61 bits per heavy atom. The lowest BCUT2D eigenvalue weighted by Crippen LogP contribution is -2.53. The zero-order valence-electron chi connectivity index (χ0n) is 15.8. The van der Waals surface area contributed by atoms with Gasteiger partial charge in [-0.25, -0.2) is 0 Å². The average Bonchev–Trinajstić information content (AvgIpc) is 3.37. The van der Waals surface area contributed by atoms with Crippen LogP contribution in [0.2, 0.25) is 0 Å². The Morgan fingerprint density at radius 2 is 1.93 bits per heavy atom. The van der Waals surface area contributed by atoms with E-state index in [1.165, 1.54) is 0 Å². The van der Waals surface area contributed by atoms with Crippen molar-refractivity contribution in [1.82, 2.24) is 30.3 Å². The Hall–Kier alpha value is -3.27. The first-order valence-electron chi connectivity index (χ1n) is 9.19. The van der Waals surface area contributed by atoms with E-state index in [9.17, 15) is 4.79 Å². The highest BCUT2D eigenvalue weighted by Crippen LogP contribution is 2.18. The minimum atomic E-state index is -0.280. The molecular formula is C18H22N8O2. The molecule has 146 valence electrons. The largest absolute Gasteiger partial charge is 0.338 e. The molecule has 3 aromatic rings. The van der Waals surface area contributed by atoms with Crippen molar-refractivity contribution < 1.29 is 9.32 Å². The van der Waals surface area contributed by atoms with Gasteiger partial charge in [-0.3, -0.25) is 15.0 Å². The number of nitrogens with zero attached hydrogens (tertiary/aromatic N) is 7. The molecule has 0 unspecified atom stereocenters. The van der Waals surface area contributed by atoms with Crippen LogP contribution in [0.3, 0.4) is 0 Å². The van der Waals surface area contributed by atoms with Crippen LogP contribution in [0.1, 0.15) is 12.6 Å². The van der Waals surface area contributed by atoms with Gasteiger partial charge in [0, 0.05) is 32.2 Å². The van der Waals surface area contributed by atoms with E-state index in [1.54, 1.807) is 10.7 Å². The number of aryl methyl sites for hydroxylation is 1. The van der Waals surface area contributed by atoms with Crippen LogP contribution < -0.4 is 10.2 Å². The number of hydrogen-bond donors (Lipinski definition) is 1. The predicted octanol–water partition coefficient (Wildman–Crippen LogP) is 1.11. The lowest BCUT2D eigenvalue weighted by Gasteiger charge is -2.37. The summed E-state index contributed by atoms with van der Waals surface area (Å²) in [5.74, 6) is 0.967. The molecule has 1 N–H and O–H groups in total. The van der Waals surface area contributed by atoms with Crippen molar-refractivity contribution in [3.63, 3.8) is 0 Å². The van der Waals surface area contributed by atoms with E-state index in [0.717, 1.165) is 37.6 Å². The van der Waals surface area contributed by atoms with Crippen molar-refractivity contribution >= 4 is 17.7 Å². The van der Waals surface area contributed by atoms with Gasteiger partial charge < -0.3 is 9.42 Å². The van der Waals surface area contributed by atoms with Gasteiger partial charge in [-0.05, 0) is 36.4 Å². The monoisotopic (exact) mass is 382 g/mol. The summed E-state index contributed by atoms with van der Waals surface area (Å²) in [6.45, 7) is 6.61. The highest BCUT2D eigenvalue weighted by Gasteiger charge is 2.28. The van der Waals surface area contributed by atoms with Crippen LogP contribution >= 0.6 is 0 Å². The Kier molecular flexibility index (Phi) is 5.02. The molecule has 0 radical (unpaired) electrons. The molecule has 0 aliphatic carbocycles. The number of para-hydroxylation sites is 1. The van der Waals surface area contributed by atoms with Gasteiger partial charge in [-0.1, -0.05) is 28.5 Å². The van der Waals surface area contributed by atoms with E-state index in [0.29, 0.717) is 11.8 Å². The summed E-state index contributed by atoms with van der Waals surface area (Å²) in [4.78, 5) is 16.7. The smallest absolute Gasteiger partial charge is 0.250 e. The Balaban J connectivity index is 1.37. The number of carbonyl (C=O) groups is 1. The fraction of sp³-hybridized carbons (Fsp3) is 0.389. The molecule has 4 rings (SSSR count). The molecule has 2 aromatic heterocycles. The lowest BCUT2D eigenvalue weighted by molar-refractivity contribution is -0.121. The maximum Gasteiger partial charge on any atom is 0.250 e. The number of nitrogens with one attached hydrogen (secondary N) is 1. The van der Waals surface area contributed by atoms with Gasteiger partial charge in [0.15, 0.2) is 0 Å². The number of hydrogen-bond acceptors (Lipinski definition) is 8. The summed E-state index contributed by atoms with van der Waals surface area (Å²) in [6.07, 6.45) is 0. The molecule has 1 aliphatic rings. The van der Waals surface area contributed by atoms with E-state index in [-0.39, 0.29) is 11.9 Å². The van der Waals surface area contributed by atoms with E-state index >= 15 is 0 Å². The minimum absolute atomic E-state index is 0.112. The van der Waals surface area contributed by atoms with Crippen LogP contribution in [0, 0.1) is 6.92 Å². The van der Waals surface area contributed by atoms with Crippen molar-refractivity contribution in [3.8, 4) is 5.69 Å². The molecule has 10 heteroatoms. The van der Waals surface area contributed by atoms with Gasteiger partial charge >= 0.3 is 0 Å². The lowest BCUT2D eigenvalue weighted by atomic mass is 10.2. The number of piperazine rings is 1. The Morgan fingerprint density at radius 1 is 1.18 bits per heavy atom. The van der Waals surface area contributed by atoms with Gasteiger partial charge in [-0.15, -0.1) is 0 Å². The van der Waals surface area contributed by atoms with Gasteiger partial charge in [0.2, 0.25) is 17.7 Å². The summed E-state index contributed by atoms with van der Waals surface area (Å²) >= 11 is 0. The molecule has 0 spiro atoms. The molecule has 3 heterocycles. The van der Waals surface area contributed by atoms with Gasteiger partial charge in [0.05, 0.1) is 17.4 Å².